The van der Waals surface area contributed by atoms with E-state index in [2.05, 4.69) is 10.2 Å². The van der Waals surface area contributed by atoms with Crippen LogP contribution in [0, 0.1) is 19.8 Å². The third-order valence-electron chi connectivity index (χ3n) is 5.73. The molecule has 8 nitrogen and oxygen atoms in total. The Labute approximate surface area is 187 Å². The number of piperidine rings is 1. The fourth-order valence-corrected chi connectivity index (χ4v) is 5.17. The van der Waals surface area contributed by atoms with Crippen LogP contribution in [0.15, 0.2) is 57.8 Å². The summed E-state index contributed by atoms with van der Waals surface area (Å²) in [5.41, 5.74) is 2.76. The predicted molar refractivity (Wildman–Crippen MR) is 117 cm³/mol. The van der Waals surface area contributed by atoms with Crippen LogP contribution in [0.1, 0.15) is 29.9 Å². The molecule has 168 valence electrons. The minimum atomic E-state index is -3.58. The second kappa shape index (κ2) is 9.22. The van der Waals surface area contributed by atoms with Crippen LogP contribution in [0.25, 0.3) is 11.5 Å². The summed E-state index contributed by atoms with van der Waals surface area (Å²) in [6.45, 7) is 4.27. The average molecular weight is 456 g/mol. The average Bonchev–Trinajstić information content (AvgIpc) is 3.29. The monoisotopic (exact) mass is 455 g/mol. The Morgan fingerprint density at radius 2 is 1.78 bits per heavy atom. The molecule has 0 spiro atoms. The summed E-state index contributed by atoms with van der Waals surface area (Å²) in [5, 5.41) is 7.89. The van der Waals surface area contributed by atoms with E-state index in [0.29, 0.717) is 18.7 Å². The van der Waals surface area contributed by atoms with E-state index in [1.54, 1.807) is 12.1 Å². The SMILES string of the molecule is Cc1ccc(S(=O)(=O)N2CCC(C(=O)OCc3nnc(-c4ccccc4)o3)CC2)cc1C. The molecule has 0 N–H and O–H groups in total. The molecule has 1 aliphatic heterocycles. The second-order valence-electron chi connectivity index (χ2n) is 7.90. The highest BCUT2D eigenvalue weighted by Crippen LogP contribution is 2.26. The maximum absolute atomic E-state index is 12.9. The summed E-state index contributed by atoms with van der Waals surface area (Å²) in [6, 6.07) is 14.5. The highest BCUT2D eigenvalue weighted by Gasteiger charge is 2.33. The summed E-state index contributed by atoms with van der Waals surface area (Å²) in [6.07, 6.45) is 0.810. The van der Waals surface area contributed by atoms with E-state index >= 15 is 0 Å². The fourth-order valence-electron chi connectivity index (χ4n) is 3.62. The fraction of sp³-hybridized carbons (Fsp3) is 0.348. The number of aromatic nitrogens is 2. The highest BCUT2D eigenvalue weighted by molar-refractivity contribution is 7.89. The van der Waals surface area contributed by atoms with Crippen LogP contribution < -0.4 is 0 Å². The lowest BCUT2D eigenvalue weighted by Gasteiger charge is -2.30. The topological polar surface area (TPSA) is 103 Å². The number of esters is 1. The van der Waals surface area contributed by atoms with Gasteiger partial charge in [-0.1, -0.05) is 24.3 Å². The van der Waals surface area contributed by atoms with Crippen molar-refractivity contribution in [3.63, 3.8) is 0 Å². The number of sulfonamides is 1. The molecule has 32 heavy (non-hydrogen) atoms. The van der Waals surface area contributed by atoms with Gasteiger partial charge in [0, 0.05) is 18.7 Å². The van der Waals surface area contributed by atoms with Gasteiger partial charge in [0.2, 0.25) is 15.9 Å². The molecule has 3 aromatic rings. The van der Waals surface area contributed by atoms with Crippen LogP contribution in [0.4, 0.5) is 0 Å². The molecule has 0 saturated carbocycles. The molecular weight excluding hydrogens is 430 g/mol. The first-order valence-electron chi connectivity index (χ1n) is 10.5. The third-order valence-corrected chi connectivity index (χ3v) is 7.62. The van der Waals surface area contributed by atoms with E-state index in [1.807, 2.05) is 50.2 Å². The maximum atomic E-state index is 12.9. The van der Waals surface area contributed by atoms with Crippen molar-refractivity contribution in [1.29, 1.82) is 0 Å². The Bertz CT molecular complexity index is 1200. The zero-order valence-electron chi connectivity index (χ0n) is 18.0. The van der Waals surface area contributed by atoms with Crippen molar-refractivity contribution in [2.24, 2.45) is 5.92 Å². The number of nitrogens with zero attached hydrogens (tertiary/aromatic N) is 3. The molecule has 0 bridgehead atoms. The summed E-state index contributed by atoms with van der Waals surface area (Å²) >= 11 is 0. The van der Waals surface area contributed by atoms with Crippen LogP contribution in [0.3, 0.4) is 0 Å². The van der Waals surface area contributed by atoms with Crippen molar-refractivity contribution in [1.82, 2.24) is 14.5 Å². The maximum Gasteiger partial charge on any atom is 0.309 e. The molecule has 1 saturated heterocycles. The third kappa shape index (κ3) is 4.73. The number of carbonyl (C=O) groups is 1. The van der Waals surface area contributed by atoms with E-state index in [0.717, 1.165) is 16.7 Å². The zero-order valence-corrected chi connectivity index (χ0v) is 18.8. The zero-order chi connectivity index (χ0) is 22.7. The van der Waals surface area contributed by atoms with Crippen LogP contribution in [0.5, 0.6) is 0 Å². The predicted octanol–water partition coefficient (Wildman–Crippen LogP) is 3.50. The summed E-state index contributed by atoms with van der Waals surface area (Å²) < 4.78 is 38.2. The van der Waals surface area contributed by atoms with E-state index in [-0.39, 0.29) is 42.4 Å². The van der Waals surface area contributed by atoms with Gasteiger partial charge in [-0.25, -0.2) is 8.42 Å². The van der Waals surface area contributed by atoms with E-state index in [9.17, 15) is 13.2 Å². The van der Waals surface area contributed by atoms with E-state index in [1.165, 1.54) is 4.31 Å². The van der Waals surface area contributed by atoms with Crippen molar-refractivity contribution in [2.45, 2.75) is 38.2 Å². The van der Waals surface area contributed by atoms with Gasteiger partial charge in [0.1, 0.15) is 0 Å². The number of rotatable bonds is 6. The number of hydrogen-bond donors (Lipinski definition) is 0. The van der Waals surface area contributed by atoms with Gasteiger partial charge in [-0.3, -0.25) is 4.79 Å². The number of hydrogen-bond acceptors (Lipinski definition) is 7. The van der Waals surface area contributed by atoms with Gasteiger partial charge in [-0.05, 0) is 62.1 Å². The molecule has 0 amide bonds. The normalized spacial score (nSPS) is 15.6. The summed E-state index contributed by atoms with van der Waals surface area (Å²) in [4.78, 5) is 12.8. The van der Waals surface area contributed by atoms with Crippen LogP contribution in [-0.4, -0.2) is 42.0 Å². The Kier molecular flexibility index (Phi) is 6.38. The Morgan fingerprint density at radius 3 is 2.47 bits per heavy atom. The minimum absolute atomic E-state index is 0.111. The van der Waals surface area contributed by atoms with E-state index < -0.39 is 10.0 Å². The highest BCUT2D eigenvalue weighted by atomic mass is 32.2. The lowest BCUT2D eigenvalue weighted by molar-refractivity contribution is -0.151. The first-order valence-corrected chi connectivity index (χ1v) is 11.9. The van der Waals surface area contributed by atoms with Crippen LogP contribution >= 0.6 is 0 Å². The number of aryl methyl sites for hydroxylation is 2. The lowest BCUT2D eigenvalue weighted by Crippen LogP contribution is -2.40. The number of ether oxygens (including phenoxy) is 1. The number of carbonyl (C=O) groups excluding carboxylic acids is 1. The molecule has 1 aromatic heterocycles. The largest absolute Gasteiger partial charge is 0.455 e. The molecule has 0 unspecified atom stereocenters. The van der Waals surface area contributed by atoms with Crippen molar-refractivity contribution in [3.8, 4) is 11.5 Å². The lowest BCUT2D eigenvalue weighted by atomic mass is 9.98. The van der Waals surface area contributed by atoms with Crippen molar-refractivity contribution in [2.75, 3.05) is 13.1 Å². The van der Waals surface area contributed by atoms with Gasteiger partial charge in [0.05, 0.1) is 10.8 Å². The van der Waals surface area contributed by atoms with Crippen LogP contribution in [-0.2, 0) is 26.2 Å². The first kappa shape index (κ1) is 22.2. The summed E-state index contributed by atoms with van der Waals surface area (Å²) in [7, 11) is -3.58. The molecule has 1 aliphatic rings. The molecule has 1 fully saturated rings. The van der Waals surface area contributed by atoms with Crippen molar-refractivity contribution in [3.05, 3.63) is 65.5 Å². The minimum Gasteiger partial charge on any atom is -0.455 e. The summed E-state index contributed by atoms with van der Waals surface area (Å²) in [5.74, 6) is -0.168. The Morgan fingerprint density at radius 1 is 1.06 bits per heavy atom. The standard InChI is InChI=1S/C23H25N3O5S/c1-16-8-9-20(14-17(16)2)32(28,29)26-12-10-19(11-13-26)23(27)30-15-21-24-25-22(31-21)18-6-4-3-5-7-18/h3-9,14,19H,10-13,15H2,1-2H3. The Hall–Kier alpha value is -3.04. The molecule has 0 atom stereocenters. The molecule has 9 heteroatoms. The van der Waals surface area contributed by atoms with Gasteiger partial charge in [-0.15, -0.1) is 10.2 Å². The smallest absolute Gasteiger partial charge is 0.309 e. The molecule has 0 aliphatic carbocycles. The van der Waals surface area contributed by atoms with Crippen LogP contribution in [0.2, 0.25) is 0 Å². The van der Waals surface area contributed by atoms with Gasteiger partial charge < -0.3 is 9.15 Å². The van der Waals surface area contributed by atoms with Gasteiger partial charge in [0.15, 0.2) is 6.61 Å². The molecule has 0 radical (unpaired) electrons. The van der Waals surface area contributed by atoms with Gasteiger partial charge in [-0.2, -0.15) is 4.31 Å². The van der Waals surface area contributed by atoms with Crippen molar-refractivity contribution >= 4 is 16.0 Å². The molecule has 2 heterocycles. The molecule has 4 rings (SSSR count). The molecule has 2 aromatic carbocycles. The quantitative estimate of drug-likeness (QED) is 0.524. The first-order chi connectivity index (χ1) is 15.3. The Balaban J connectivity index is 1.31. The van der Waals surface area contributed by atoms with Gasteiger partial charge in [0.25, 0.3) is 5.89 Å². The second-order valence-corrected chi connectivity index (χ2v) is 9.84. The number of benzene rings is 2. The molecular formula is C23H25N3O5S. The van der Waals surface area contributed by atoms with Crippen molar-refractivity contribution < 1.29 is 22.4 Å². The van der Waals surface area contributed by atoms with E-state index in [4.69, 9.17) is 9.15 Å². The van der Waals surface area contributed by atoms with Gasteiger partial charge >= 0.3 is 5.97 Å².